The second-order valence-electron chi connectivity index (χ2n) is 11.8. The van der Waals surface area contributed by atoms with Crippen LogP contribution in [0.15, 0.2) is 35.1 Å². The van der Waals surface area contributed by atoms with Crippen LogP contribution in [0.25, 0.3) is 10.9 Å². The number of nitrogens with one attached hydrogen (secondary N) is 1. The molecular weight excluding hydrogens is 466 g/mol. The summed E-state index contributed by atoms with van der Waals surface area (Å²) in [4.78, 5) is 41.3. The number of ketones is 1. The lowest BCUT2D eigenvalue weighted by Gasteiger charge is -2.33. The van der Waals surface area contributed by atoms with Gasteiger partial charge in [-0.1, -0.05) is 37.5 Å². The number of amides is 1. The number of hydrogen-bond acceptors (Lipinski definition) is 5. The third kappa shape index (κ3) is 6.81. The van der Waals surface area contributed by atoms with Gasteiger partial charge in [-0.2, -0.15) is 0 Å². The van der Waals surface area contributed by atoms with Crippen LogP contribution in [0.3, 0.4) is 0 Å². The monoisotopic (exact) mass is 509 g/mol. The van der Waals surface area contributed by atoms with E-state index in [1.807, 2.05) is 51.1 Å². The van der Waals surface area contributed by atoms with E-state index in [1.165, 1.54) is 6.42 Å². The van der Waals surface area contributed by atoms with Gasteiger partial charge in [0.15, 0.2) is 5.78 Å². The maximum Gasteiger partial charge on any atom is 0.410 e. The van der Waals surface area contributed by atoms with Crippen LogP contribution in [0.1, 0.15) is 83.7 Å². The molecule has 2 fully saturated rings. The maximum atomic E-state index is 13.7. The highest BCUT2D eigenvalue weighted by molar-refractivity contribution is 5.89. The first-order chi connectivity index (χ1) is 17.6. The fourth-order valence-corrected chi connectivity index (χ4v) is 5.80. The van der Waals surface area contributed by atoms with Gasteiger partial charge in [0, 0.05) is 31.6 Å². The highest BCUT2D eigenvalue weighted by Crippen LogP contribution is 2.30. The van der Waals surface area contributed by atoms with Crippen LogP contribution >= 0.6 is 0 Å². The molecule has 0 bridgehead atoms. The molecular formula is C30H43N3O4. The van der Waals surface area contributed by atoms with Gasteiger partial charge in [-0.15, -0.1) is 0 Å². The number of carbonyl (C=O) groups is 2. The lowest BCUT2D eigenvalue weighted by atomic mass is 9.82. The number of para-hydroxylation sites is 1. The second kappa shape index (κ2) is 11.8. The minimum absolute atomic E-state index is 0.0134. The second-order valence-corrected chi connectivity index (χ2v) is 11.8. The smallest absolute Gasteiger partial charge is 0.410 e. The summed E-state index contributed by atoms with van der Waals surface area (Å²) in [6.07, 6.45) is 7.66. The number of piperidine rings is 1. The zero-order chi connectivity index (χ0) is 26.6. The van der Waals surface area contributed by atoms with E-state index >= 15 is 0 Å². The molecule has 2 aromatic rings. The van der Waals surface area contributed by atoms with E-state index in [2.05, 4.69) is 5.32 Å². The molecule has 7 nitrogen and oxygen atoms in total. The molecule has 1 aliphatic carbocycles. The number of aryl methyl sites for hydroxylation is 1. The molecule has 1 unspecified atom stereocenters. The Morgan fingerprint density at radius 1 is 1.05 bits per heavy atom. The van der Waals surface area contributed by atoms with Gasteiger partial charge >= 0.3 is 6.09 Å². The summed E-state index contributed by atoms with van der Waals surface area (Å²) in [5.74, 6) is 0.641. The first-order valence-electron chi connectivity index (χ1n) is 14.0. The van der Waals surface area contributed by atoms with E-state index in [1.54, 1.807) is 16.5 Å². The van der Waals surface area contributed by atoms with Crippen LogP contribution in [0.5, 0.6) is 0 Å². The largest absolute Gasteiger partial charge is 0.444 e. The Labute approximate surface area is 220 Å². The van der Waals surface area contributed by atoms with Crippen LogP contribution in [-0.2, 0) is 16.6 Å². The molecule has 1 amide bonds. The average Bonchev–Trinajstić information content (AvgIpc) is 2.88. The van der Waals surface area contributed by atoms with Gasteiger partial charge in [0.1, 0.15) is 5.60 Å². The fourth-order valence-electron chi connectivity index (χ4n) is 5.80. The van der Waals surface area contributed by atoms with Crippen molar-refractivity contribution in [2.75, 3.05) is 19.6 Å². The lowest BCUT2D eigenvalue weighted by molar-refractivity contribution is -0.126. The first-order valence-corrected chi connectivity index (χ1v) is 14.0. The molecule has 1 aromatic heterocycles. The van der Waals surface area contributed by atoms with Gasteiger partial charge in [0.25, 0.3) is 5.56 Å². The van der Waals surface area contributed by atoms with Crippen molar-refractivity contribution in [1.29, 1.82) is 0 Å². The van der Waals surface area contributed by atoms with Crippen molar-refractivity contribution < 1.29 is 14.3 Å². The number of fused-ring (bicyclic) bond motifs is 1. The van der Waals surface area contributed by atoms with Crippen LogP contribution < -0.4 is 10.9 Å². The molecule has 4 rings (SSSR count). The molecule has 2 aliphatic rings. The maximum absolute atomic E-state index is 13.7. The van der Waals surface area contributed by atoms with Gasteiger partial charge in [-0.05, 0) is 82.9 Å². The summed E-state index contributed by atoms with van der Waals surface area (Å²) >= 11 is 0. The van der Waals surface area contributed by atoms with E-state index in [0.29, 0.717) is 31.1 Å². The number of ether oxygens (including phenoxy) is 1. The molecule has 202 valence electrons. The Morgan fingerprint density at radius 2 is 1.73 bits per heavy atom. The minimum Gasteiger partial charge on any atom is -0.444 e. The number of aromatic nitrogens is 1. The number of nitrogens with zero attached hydrogens (tertiary/aromatic N) is 2. The zero-order valence-electron chi connectivity index (χ0n) is 22.9. The van der Waals surface area contributed by atoms with E-state index in [4.69, 9.17) is 4.74 Å². The number of benzene rings is 1. The van der Waals surface area contributed by atoms with Gasteiger partial charge in [0.2, 0.25) is 0 Å². The standard InChI is InChI=1S/C30H43N3O4/c1-30(2,3)37-29(36)33-18-15-21(16-19-33)14-17-31-26(27(34)22-10-6-5-7-11-22)24-20-23-12-8-9-13-25(23)32(4)28(24)35/h8-9,12-13,20-22,26,31H,5-7,10-11,14-19H2,1-4H3. The quantitative estimate of drug-likeness (QED) is 0.544. The predicted molar refractivity (Wildman–Crippen MR) is 147 cm³/mol. The molecule has 2 heterocycles. The van der Waals surface area contributed by atoms with E-state index in [0.717, 1.165) is 55.8 Å². The Morgan fingerprint density at radius 3 is 2.41 bits per heavy atom. The normalized spacial score (nSPS) is 18.6. The number of hydrogen-bond donors (Lipinski definition) is 1. The number of carbonyl (C=O) groups excluding carboxylic acids is 2. The number of rotatable bonds is 7. The van der Waals surface area contributed by atoms with Gasteiger partial charge in [-0.25, -0.2) is 4.79 Å². The molecule has 1 aromatic carbocycles. The van der Waals surface area contributed by atoms with E-state index < -0.39 is 11.6 Å². The van der Waals surface area contributed by atoms with Crippen LogP contribution in [-0.4, -0.2) is 46.6 Å². The lowest BCUT2D eigenvalue weighted by Crippen LogP contribution is -2.42. The number of likely N-dealkylation sites (tertiary alicyclic amines) is 1. The van der Waals surface area contributed by atoms with Gasteiger partial charge in [-0.3, -0.25) is 9.59 Å². The molecule has 0 radical (unpaired) electrons. The molecule has 1 atom stereocenters. The topological polar surface area (TPSA) is 80.6 Å². The molecule has 1 N–H and O–H groups in total. The van der Waals surface area contributed by atoms with Crippen LogP contribution in [0, 0.1) is 11.8 Å². The SMILES string of the molecule is Cn1c(=O)c(C(NCCC2CCN(C(=O)OC(C)(C)C)CC2)C(=O)C2CCCCC2)cc2ccccc21. The highest BCUT2D eigenvalue weighted by atomic mass is 16.6. The van der Waals surface area contributed by atoms with Crippen molar-refractivity contribution >= 4 is 22.8 Å². The number of Topliss-reactive ketones (excluding diaryl/α,β-unsaturated/α-hetero) is 1. The van der Waals surface area contributed by atoms with Gasteiger partial charge in [0.05, 0.1) is 11.6 Å². The third-order valence-electron chi connectivity index (χ3n) is 7.93. The summed E-state index contributed by atoms with van der Waals surface area (Å²) in [5.41, 5.74) is 0.830. The average molecular weight is 510 g/mol. The van der Waals surface area contributed by atoms with Crippen LogP contribution in [0.4, 0.5) is 4.79 Å². The molecule has 37 heavy (non-hydrogen) atoms. The molecule has 0 spiro atoms. The van der Waals surface area contributed by atoms with Gasteiger partial charge < -0.3 is 19.5 Å². The zero-order valence-corrected chi connectivity index (χ0v) is 22.9. The molecule has 1 saturated heterocycles. The minimum atomic E-state index is -0.590. The molecule has 7 heteroatoms. The Hall–Kier alpha value is -2.67. The highest BCUT2D eigenvalue weighted by Gasteiger charge is 2.32. The fraction of sp³-hybridized carbons (Fsp3) is 0.633. The third-order valence-corrected chi connectivity index (χ3v) is 7.93. The first kappa shape index (κ1) is 27.4. The summed E-state index contributed by atoms with van der Waals surface area (Å²) in [6.45, 7) is 7.70. The molecule has 1 aliphatic heterocycles. The summed E-state index contributed by atoms with van der Waals surface area (Å²) in [7, 11) is 1.79. The van der Waals surface area contributed by atoms with Crippen molar-refractivity contribution in [2.24, 2.45) is 18.9 Å². The summed E-state index contributed by atoms with van der Waals surface area (Å²) in [5, 5.41) is 4.48. The Balaban J connectivity index is 1.44. The summed E-state index contributed by atoms with van der Waals surface area (Å²) < 4.78 is 7.18. The Bertz CT molecular complexity index is 1150. The Kier molecular flexibility index (Phi) is 8.73. The van der Waals surface area contributed by atoms with Crippen LogP contribution in [0.2, 0.25) is 0 Å². The van der Waals surface area contributed by atoms with Crippen molar-refractivity contribution in [1.82, 2.24) is 14.8 Å². The van der Waals surface area contributed by atoms with E-state index in [-0.39, 0.29) is 23.4 Å². The van der Waals surface area contributed by atoms with Crippen molar-refractivity contribution in [2.45, 2.75) is 83.8 Å². The number of pyridine rings is 1. The van der Waals surface area contributed by atoms with Crippen molar-refractivity contribution in [3.63, 3.8) is 0 Å². The summed E-state index contributed by atoms with van der Waals surface area (Å²) in [6, 6.07) is 9.15. The van der Waals surface area contributed by atoms with E-state index in [9.17, 15) is 14.4 Å². The predicted octanol–water partition coefficient (Wildman–Crippen LogP) is 5.36. The molecule has 1 saturated carbocycles. The van der Waals surface area contributed by atoms with Crippen molar-refractivity contribution in [3.05, 3.63) is 46.2 Å². The van der Waals surface area contributed by atoms with Crippen molar-refractivity contribution in [3.8, 4) is 0 Å².